The number of hydrogen-bond acceptors (Lipinski definition) is 2. The molecule has 0 aromatic carbocycles. The molecule has 2 aliphatic rings. The summed E-state index contributed by atoms with van der Waals surface area (Å²) in [4.78, 5) is 10.8. The minimum atomic E-state index is 0.389. The van der Waals surface area contributed by atoms with Crippen molar-refractivity contribution in [2.45, 2.75) is 32.7 Å². The summed E-state index contributed by atoms with van der Waals surface area (Å²) in [7, 11) is 0. The topological polar surface area (TPSA) is 29.1 Å². The lowest BCUT2D eigenvalue weighted by molar-refractivity contribution is -0.121. The van der Waals surface area contributed by atoms with Gasteiger partial charge in [0.2, 0.25) is 0 Å². The molecule has 2 rings (SSSR count). The van der Waals surface area contributed by atoms with Crippen LogP contribution < -0.4 is 5.32 Å². The Morgan fingerprint density at radius 3 is 2.40 bits per heavy atom. The zero-order valence-electron chi connectivity index (χ0n) is 6.68. The van der Waals surface area contributed by atoms with Crippen LogP contribution in [-0.2, 0) is 4.79 Å². The lowest BCUT2D eigenvalue weighted by Gasteiger charge is -2.07. The molecule has 2 atom stereocenters. The van der Waals surface area contributed by atoms with E-state index >= 15 is 0 Å². The summed E-state index contributed by atoms with van der Waals surface area (Å²) < 4.78 is 0. The zero-order chi connectivity index (χ0) is 7.56. The van der Waals surface area contributed by atoms with E-state index in [9.17, 15) is 4.79 Å². The largest absolute Gasteiger partial charge is 0.313 e. The highest BCUT2D eigenvalue weighted by Crippen LogP contribution is 2.26. The van der Waals surface area contributed by atoms with E-state index in [-0.39, 0.29) is 0 Å². The second kappa shape index (κ2) is 3.15. The number of ketones is 1. The molecule has 2 fully saturated rings. The smallest absolute Gasteiger partial charge is 0.138 e. The van der Waals surface area contributed by atoms with Gasteiger partial charge in [0.25, 0.3) is 0 Å². The van der Waals surface area contributed by atoms with Gasteiger partial charge in [-0.15, -0.1) is 0 Å². The molecule has 1 heterocycles. The molecule has 0 spiro atoms. The summed E-state index contributed by atoms with van der Waals surface area (Å²) in [6, 6.07) is 0.549. The van der Waals surface area contributed by atoms with E-state index in [0.717, 1.165) is 19.4 Å². The van der Waals surface area contributed by atoms with Gasteiger partial charge in [-0.25, -0.2) is 0 Å². The van der Waals surface area contributed by atoms with Crippen molar-refractivity contribution in [2.24, 2.45) is 5.92 Å². The minimum Gasteiger partial charge on any atom is -0.313 e. The van der Waals surface area contributed by atoms with Crippen molar-refractivity contribution in [1.29, 1.82) is 0 Å². The molecule has 1 saturated heterocycles. The van der Waals surface area contributed by atoms with E-state index in [1.807, 2.05) is 13.8 Å². The van der Waals surface area contributed by atoms with E-state index in [1.165, 1.54) is 0 Å². The maximum absolute atomic E-state index is 10.8. The van der Waals surface area contributed by atoms with Gasteiger partial charge in [0, 0.05) is 24.9 Å². The van der Waals surface area contributed by atoms with Gasteiger partial charge in [-0.3, -0.25) is 4.79 Å². The average Bonchev–Trinajstić information content (AvgIpc) is 2.52. The quantitative estimate of drug-likeness (QED) is 0.544. The predicted octanol–water partition coefficient (Wildman–Crippen LogP) is 0.964. The highest BCUT2D eigenvalue weighted by atomic mass is 16.1. The normalized spacial score (nSPS) is 35.6. The first-order chi connectivity index (χ1) is 4.86. The van der Waals surface area contributed by atoms with Crippen LogP contribution in [0.15, 0.2) is 0 Å². The van der Waals surface area contributed by atoms with Crippen molar-refractivity contribution in [2.75, 3.05) is 6.54 Å². The summed E-state index contributed by atoms with van der Waals surface area (Å²) in [5.74, 6) is 0.869. The number of hydrogen-bond donors (Lipinski definition) is 1. The number of Topliss-reactive ketones (excluding diaryl/α,β-unsaturated/α-hetero) is 1. The molecular weight excluding hydrogens is 126 g/mol. The number of carbonyl (C=O) groups excluding carboxylic acids is 1. The fraction of sp³-hybridized carbons (Fsp3) is 0.875. The van der Waals surface area contributed by atoms with Gasteiger partial charge in [-0.05, 0) is 6.42 Å². The third-order valence-corrected chi connectivity index (χ3v) is 2.12. The molecule has 1 aliphatic carbocycles. The Morgan fingerprint density at radius 2 is 2.20 bits per heavy atom. The number of carbonyl (C=O) groups is 1. The van der Waals surface area contributed by atoms with E-state index in [4.69, 9.17) is 0 Å². The summed E-state index contributed by atoms with van der Waals surface area (Å²) in [5, 5.41) is 3.27. The van der Waals surface area contributed by atoms with E-state index in [1.54, 1.807) is 0 Å². The Hall–Kier alpha value is -0.370. The predicted molar refractivity (Wildman–Crippen MR) is 40.9 cm³/mol. The molecule has 0 aromatic rings. The number of rotatable bonds is 0. The van der Waals surface area contributed by atoms with Crippen molar-refractivity contribution in [3.05, 3.63) is 0 Å². The van der Waals surface area contributed by atoms with Crippen molar-refractivity contribution in [3.63, 3.8) is 0 Å². The Balaban J connectivity index is 0.000000231. The number of piperidine rings is 1. The van der Waals surface area contributed by atoms with Gasteiger partial charge in [0.1, 0.15) is 5.78 Å². The van der Waals surface area contributed by atoms with Crippen LogP contribution in [0.5, 0.6) is 0 Å². The molecule has 2 heteroatoms. The molecule has 1 saturated carbocycles. The van der Waals surface area contributed by atoms with E-state index in [0.29, 0.717) is 17.7 Å². The van der Waals surface area contributed by atoms with Crippen molar-refractivity contribution in [1.82, 2.24) is 5.32 Å². The molecule has 0 radical (unpaired) electrons. The molecule has 0 amide bonds. The Morgan fingerprint density at radius 1 is 1.50 bits per heavy atom. The minimum absolute atomic E-state index is 0.389. The van der Waals surface area contributed by atoms with Crippen LogP contribution in [-0.4, -0.2) is 18.4 Å². The SMILES string of the molecule is CC.O=C1CC2CC1CN2. The monoisotopic (exact) mass is 141 g/mol. The van der Waals surface area contributed by atoms with Crippen LogP contribution in [0.25, 0.3) is 0 Å². The van der Waals surface area contributed by atoms with Crippen LogP contribution in [0.4, 0.5) is 0 Å². The first-order valence-corrected chi connectivity index (χ1v) is 4.12. The number of fused-ring (bicyclic) bond motifs is 2. The molecule has 10 heavy (non-hydrogen) atoms. The molecule has 2 unspecified atom stereocenters. The Kier molecular flexibility index (Phi) is 2.44. The first kappa shape index (κ1) is 7.73. The van der Waals surface area contributed by atoms with Gasteiger partial charge in [-0.1, -0.05) is 13.8 Å². The number of nitrogens with one attached hydrogen (secondary N) is 1. The average molecular weight is 141 g/mol. The standard InChI is InChI=1S/C6H9NO.C2H6/c8-6-2-5-1-4(6)3-7-5;1-2/h4-5,7H,1-3H2;1-2H3. The summed E-state index contributed by atoms with van der Waals surface area (Å²) in [5.41, 5.74) is 0. The molecular formula is C8H15NO. The van der Waals surface area contributed by atoms with Crippen LogP contribution in [0.3, 0.4) is 0 Å². The maximum atomic E-state index is 10.8. The Labute approximate surface area is 62.0 Å². The van der Waals surface area contributed by atoms with Gasteiger partial charge in [0.15, 0.2) is 0 Å². The van der Waals surface area contributed by atoms with Crippen molar-refractivity contribution in [3.8, 4) is 0 Å². The second-order valence-corrected chi connectivity index (χ2v) is 2.71. The van der Waals surface area contributed by atoms with Crippen LogP contribution in [0.1, 0.15) is 26.7 Å². The maximum Gasteiger partial charge on any atom is 0.138 e. The van der Waals surface area contributed by atoms with Crippen LogP contribution in [0.2, 0.25) is 0 Å². The summed E-state index contributed by atoms with van der Waals surface area (Å²) in [6.07, 6.45) is 1.91. The van der Waals surface area contributed by atoms with Gasteiger partial charge < -0.3 is 5.32 Å². The molecule has 2 bridgehead atoms. The highest BCUT2D eigenvalue weighted by molar-refractivity contribution is 5.85. The van der Waals surface area contributed by atoms with E-state index < -0.39 is 0 Å². The van der Waals surface area contributed by atoms with Crippen molar-refractivity contribution >= 4 is 5.78 Å². The van der Waals surface area contributed by atoms with E-state index in [2.05, 4.69) is 5.32 Å². The van der Waals surface area contributed by atoms with Gasteiger partial charge >= 0.3 is 0 Å². The molecule has 2 nitrogen and oxygen atoms in total. The molecule has 0 aromatic heterocycles. The highest BCUT2D eigenvalue weighted by Gasteiger charge is 2.37. The lowest BCUT2D eigenvalue weighted by atomic mass is 10.1. The van der Waals surface area contributed by atoms with Crippen LogP contribution >= 0.6 is 0 Å². The first-order valence-electron chi connectivity index (χ1n) is 4.12. The van der Waals surface area contributed by atoms with Crippen molar-refractivity contribution < 1.29 is 4.79 Å². The molecule has 1 aliphatic heterocycles. The summed E-state index contributed by atoms with van der Waals surface area (Å²) in [6.45, 7) is 4.95. The van der Waals surface area contributed by atoms with Crippen LogP contribution in [0, 0.1) is 5.92 Å². The zero-order valence-corrected chi connectivity index (χ0v) is 6.68. The third kappa shape index (κ3) is 1.21. The lowest BCUT2D eigenvalue weighted by Crippen LogP contribution is -2.29. The summed E-state index contributed by atoms with van der Waals surface area (Å²) >= 11 is 0. The van der Waals surface area contributed by atoms with Gasteiger partial charge in [-0.2, -0.15) is 0 Å². The Bertz CT molecular complexity index is 133. The van der Waals surface area contributed by atoms with Gasteiger partial charge in [0.05, 0.1) is 0 Å². The molecule has 58 valence electrons. The second-order valence-electron chi connectivity index (χ2n) is 2.71. The molecule has 1 N–H and O–H groups in total. The fourth-order valence-corrected chi connectivity index (χ4v) is 1.63. The fourth-order valence-electron chi connectivity index (χ4n) is 1.63. The third-order valence-electron chi connectivity index (χ3n) is 2.12.